The molecule has 3 atom stereocenters. The smallest absolute Gasteiger partial charge is 0.257 e. The van der Waals surface area contributed by atoms with Crippen molar-refractivity contribution in [3.63, 3.8) is 0 Å². The van der Waals surface area contributed by atoms with Crippen LogP contribution >= 0.6 is 0 Å². The molecule has 35 heavy (non-hydrogen) atoms. The second-order valence-electron chi connectivity index (χ2n) is 9.32. The minimum Gasteiger partial charge on any atom is -0.484 e. The molecule has 0 fully saturated rings. The molecule has 186 valence electrons. The summed E-state index contributed by atoms with van der Waals surface area (Å²) in [6.07, 6.45) is -0.224. The summed E-state index contributed by atoms with van der Waals surface area (Å²) in [5.74, 6) is 0.247. The van der Waals surface area contributed by atoms with Gasteiger partial charge < -0.3 is 20.5 Å². The lowest BCUT2D eigenvalue weighted by molar-refractivity contribution is -0.123. The molecule has 0 saturated heterocycles. The van der Waals surface area contributed by atoms with Crippen LogP contribution in [0.15, 0.2) is 65.5 Å². The summed E-state index contributed by atoms with van der Waals surface area (Å²) >= 11 is 0. The molecule has 2 amide bonds. The van der Waals surface area contributed by atoms with E-state index in [2.05, 4.69) is 10.6 Å². The van der Waals surface area contributed by atoms with Crippen LogP contribution < -0.4 is 20.8 Å². The van der Waals surface area contributed by atoms with Gasteiger partial charge in [0.05, 0.1) is 6.04 Å². The molecule has 3 N–H and O–H groups in total. The molecule has 3 aromatic carbocycles. The topological polar surface area (TPSA) is 105 Å². The first-order chi connectivity index (χ1) is 16.8. The van der Waals surface area contributed by atoms with Crippen molar-refractivity contribution >= 4 is 11.8 Å². The SMILES string of the molecule is CC(C)[C@H](NC(=O)CC[C@H](C)CNC(=O)COc1ccccc1)[C@H](O)c1c(-c2ccccc2)c1=O. The molecule has 7 heteroatoms. The molecular weight excluding hydrogens is 444 g/mol. The number of hydrogen-bond acceptors (Lipinski definition) is 5. The van der Waals surface area contributed by atoms with Gasteiger partial charge in [-0.25, -0.2) is 0 Å². The number of aliphatic hydroxyl groups excluding tert-OH is 1. The van der Waals surface area contributed by atoms with Gasteiger partial charge in [-0.1, -0.05) is 69.3 Å². The quantitative estimate of drug-likeness (QED) is 0.349. The Labute approximate surface area is 206 Å². The highest BCUT2D eigenvalue weighted by atomic mass is 16.5. The highest BCUT2D eigenvalue weighted by Crippen LogP contribution is 2.33. The average molecular weight is 479 g/mol. The Morgan fingerprint density at radius 3 is 2.20 bits per heavy atom. The van der Waals surface area contributed by atoms with E-state index in [0.717, 1.165) is 5.56 Å². The van der Waals surface area contributed by atoms with Crippen LogP contribution in [0.5, 0.6) is 5.75 Å². The Hall–Kier alpha value is -3.45. The first-order valence-corrected chi connectivity index (χ1v) is 12.0. The number of amides is 2. The minimum absolute atomic E-state index is 0.0619. The van der Waals surface area contributed by atoms with E-state index in [1.807, 2.05) is 69.3 Å². The number of ether oxygens (including phenoxy) is 1. The molecule has 3 rings (SSSR count). The third-order valence-electron chi connectivity index (χ3n) is 6.05. The number of carbonyl (C=O) groups excluding carboxylic acids is 2. The van der Waals surface area contributed by atoms with E-state index in [1.165, 1.54) is 0 Å². The van der Waals surface area contributed by atoms with Gasteiger partial charge in [-0.3, -0.25) is 14.4 Å². The van der Waals surface area contributed by atoms with Gasteiger partial charge in [0.15, 0.2) is 12.0 Å². The summed E-state index contributed by atoms with van der Waals surface area (Å²) in [5, 5.41) is 16.6. The Morgan fingerprint density at radius 2 is 1.57 bits per heavy atom. The maximum atomic E-state index is 12.6. The van der Waals surface area contributed by atoms with Crippen molar-refractivity contribution in [2.24, 2.45) is 11.8 Å². The molecule has 7 nitrogen and oxygen atoms in total. The average Bonchev–Trinajstić information content (AvgIpc) is 3.54. The lowest BCUT2D eigenvalue weighted by atomic mass is 9.95. The summed E-state index contributed by atoms with van der Waals surface area (Å²) < 4.78 is 5.43. The monoisotopic (exact) mass is 478 g/mol. The summed E-state index contributed by atoms with van der Waals surface area (Å²) in [4.78, 5) is 37.0. The molecular formula is C28H34N2O5. The van der Waals surface area contributed by atoms with Gasteiger partial charge >= 0.3 is 0 Å². The number of nitrogens with one attached hydrogen (secondary N) is 2. The van der Waals surface area contributed by atoms with E-state index < -0.39 is 12.1 Å². The number of carbonyl (C=O) groups is 2. The van der Waals surface area contributed by atoms with Gasteiger partial charge in [-0.2, -0.15) is 0 Å². The van der Waals surface area contributed by atoms with E-state index in [4.69, 9.17) is 4.74 Å². The summed E-state index contributed by atoms with van der Waals surface area (Å²) in [6.45, 7) is 6.13. The van der Waals surface area contributed by atoms with Crippen molar-refractivity contribution < 1.29 is 19.4 Å². The predicted octanol–water partition coefficient (Wildman–Crippen LogP) is 3.38. The summed E-state index contributed by atoms with van der Waals surface area (Å²) in [7, 11) is 0. The Balaban J connectivity index is 1.42. The molecule has 0 bridgehead atoms. The van der Waals surface area contributed by atoms with Crippen LogP contribution in [-0.2, 0) is 9.59 Å². The molecule has 0 saturated carbocycles. The van der Waals surface area contributed by atoms with E-state index >= 15 is 0 Å². The number of rotatable bonds is 13. The molecule has 0 spiro atoms. The Kier molecular flexibility index (Phi) is 9.20. The highest BCUT2D eigenvalue weighted by molar-refractivity contribution is 5.79. The number of hydrogen-bond donors (Lipinski definition) is 3. The maximum absolute atomic E-state index is 12.6. The maximum Gasteiger partial charge on any atom is 0.257 e. The number of aliphatic hydroxyl groups is 1. The first kappa shape index (κ1) is 26.2. The van der Waals surface area contributed by atoms with Gasteiger partial charge in [-0.15, -0.1) is 0 Å². The fourth-order valence-corrected chi connectivity index (χ4v) is 3.89. The molecule has 0 unspecified atom stereocenters. The second-order valence-corrected chi connectivity index (χ2v) is 9.32. The van der Waals surface area contributed by atoms with Gasteiger partial charge in [0.1, 0.15) is 11.9 Å². The largest absolute Gasteiger partial charge is 0.484 e. The minimum atomic E-state index is -1.05. The first-order valence-electron chi connectivity index (χ1n) is 12.0. The summed E-state index contributed by atoms with van der Waals surface area (Å²) in [6, 6.07) is 17.8. The van der Waals surface area contributed by atoms with Gasteiger partial charge in [0.25, 0.3) is 5.91 Å². The standard InChI is InChI=1S/C28H34N2O5/c1-18(2)26(28(34)25-24(27(25)33)20-10-6-4-7-11-20)30-22(31)15-14-19(3)16-29-23(32)17-35-21-12-8-5-9-13-21/h4-13,18-19,26,28,34H,14-17H2,1-3H3,(H,29,32)(H,30,31)/t19-,26-,28+/m0/s1. The molecule has 0 aliphatic carbocycles. The number of benzene rings is 2. The third-order valence-corrected chi connectivity index (χ3v) is 6.05. The molecule has 0 aromatic heterocycles. The third kappa shape index (κ3) is 7.52. The van der Waals surface area contributed by atoms with Crippen LogP contribution in [0.2, 0.25) is 0 Å². The Bertz CT molecular complexity index is 1100. The summed E-state index contributed by atoms with van der Waals surface area (Å²) in [5.41, 5.74) is 1.55. The van der Waals surface area contributed by atoms with Crippen LogP contribution in [0.25, 0.3) is 11.1 Å². The van der Waals surface area contributed by atoms with Crippen LogP contribution in [0.4, 0.5) is 0 Å². The van der Waals surface area contributed by atoms with E-state index in [9.17, 15) is 19.5 Å². The van der Waals surface area contributed by atoms with Crippen molar-refractivity contribution in [2.75, 3.05) is 13.2 Å². The fraction of sp³-hybridized carbons (Fsp3) is 0.393. The molecule has 0 heterocycles. The highest BCUT2D eigenvalue weighted by Gasteiger charge is 2.36. The van der Waals surface area contributed by atoms with Crippen molar-refractivity contribution in [1.82, 2.24) is 10.6 Å². The fourth-order valence-electron chi connectivity index (χ4n) is 3.89. The second kappa shape index (κ2) is 12.3. The molecule has 0 radical (unpaired) electrons. The van der Waals surface area contributed by atoms with Crippen LogP contribution in [0.3, 0.4) is 0 Å². The van der Waals surface area contributed by atoms with Gasteiger partial charge in [0, 0.05) is 24.1 Å². The van der Waals surface area contributed by atoms with E-state index in [0.29, 0.717) is 29.8 Å². The van der Waals surface area contributed by atoms with Crippen LogP contribution in [0.1, 0.15) is 45.3 Å². The van der Waals surface area contributed by atoms with Crippen molar-refractivity contribution in [2.45, 2.75) is 45.8 Å². The van der Waals surface area contributed by atoms with Gasteiger partial charge in [-0.05, 0) is 36.0 Å². The number of para-hydroxylation sites is 1. The normalized spacial score (nSPS) is 13.9. The van der Waals surface area contributed by atoms with Crippen molar-refractivity contribution in [1.29, 1.82) is 0 Å². The molecule has 3 aromatic rings. The van der Waals surface area contributed by atoms with Crippen LogP contribution in [0, 0.1) is 11.8 Å². The van der Waals surface area contributed by atoms with E-state index in [1.54, 1.807) is 12.1 Å². The van der Waals surface area contributed by atoms with E-state index in [-0.39, 0.29) is 42.1 Å². The van der Waals surface area contributed by atoms with Crippen molar-refractivity contribution in [3.05, 3.63) is 76.5 Å². The van der Waals surface area contributed by atoms with Gasteiger partial charge in [0.2, 0.25) is 5.91 Å². The lowest BCUT2D eigenvalue weighted by Crippen LogP contribution is -2.43. The van der Waals surface area contributed by atoms with Crippen molar-refractivity contribution in [3.8, 4) is 16.9 Å². The lowest BCUT2D eigenvalue weighted by Gasteiger charge is -2.26. The zero-order valence-corrected chi connectivity index (χ0v) is 20.5. The zero-order chi connectivity index (χ0) is 25.4. The zero-order valence-electron chi connectivity index (χ0n) is 20.5. The molecule has 0 aliphatic heterocycles. The van der Waals surface area contributed by atoms with Crippen LogP contribution in [-0.4, -0.2) is 36.1 Å². The molecule has 0 aliphatic rings. The Morgan fingerprint density at radius 1 is 0.943 bits per heavy atom. The predicted molar refractivity (Wildman–Crippen MR) is 136 cm³/mol.